The number of esters is 4. The SMILES string of the molecule is COC(=O)c1ccc(-c2nc(-c3ccccc3)nc(-c3c(C)cccc3O)n2)cc1.COC(=O)c1ccc(-c2nc(-c3ccccc3)nc(-c3cc(C)ccc3O)n2)cc1.COC(=O)c1ccc(-c2nc(-c3ccccc3)nc(-c3cc(Cl)ccc3O)n2)cc1.COC(=O)c1ccc(-c2nc(-c3ccccc3)nc(-c3cc([N+](=O)[O-])ccc3O)n2)cc1. The molecule has 4 N–H and O–H groups in total. The number of benzene rings is 12. The van der Waals surface area contributed by atoms with Gasteiger partial charge in [-0.2, -0.15) is 0 Å². The van der Waals surface area contributed by atoms with E-state index in [4.69, 9.17) is 30.5 Å². The van der Waals surface area contributed by atoms with Gasteiger partial charge in [0.2, 0.25) is 0 Å². The van der Waals surface area contributed by atoms with Crippen molar-refractivity contribution in [2.75, 3.05) is 28.4 Å². The second-order valence-electron chi connectivity index (χ2n) is 26.6. The molecule has 0 unspecified atom stereocenters. The Hall–Kier alpha value is -16.6. The first-order valence-electron chi connectivity index (χ1n) is 37.2. The summed E-state index contributed by atoms with van der Waals surface area (Å²) >= 11 is 6.12. The van der Waals surface area contributed by atoms with Gasteiger partial charge in [-0.1, -0.05) is 205 Å². The number of carbonyl (C=O) groups is 4. The molecule has 122 heavy (non-hydrogen) atoms. The molecule has 28 heteroatoms. The van der Waals surface area contributed by atoms with E-state index >= 15 is 0 Å². The molecule has 0 aliphatic rings. The number of phenolic OH excluding ortho intramolecular Hbond substituents is 4. The summed E-state index contributed by atoms with van der Waals surface area (Å²) in [5.41, 5.74) is 10.8. The van der Waals surface area contributed by atoms with Crippen molar-refractivity contribution in [1.29, 1.82) is 0 Å². The summed E-state index contributed by atoms with van der Waals surface area (Å²) in [6, 6.07) is 83.6. The maximum absolute atomic E-state index is 11.7. The molecule has 27 nitrogen and oxygen atoms in total. The number of hydrogen-bond acceptors (Lipinski definition) is 26. The fourth-order valence-corrected chi connectivity index (χ4v) is 12.3. The molecule has 0 bridgehead atoms. The van der Waals surface area contributed by atoms with Gasteiger partial charge in [0.05, 0.1) is 77.9 Å². The average molecular weight is 1640 g/mol. The van der Waals surface area contributed by atoms with Gasteiger partial charge < -0.3 is 39.4 Å². The number of rotatable bonds is 17. The normalized spacial score (nSPS) is 10.6. The largest absolute Gasteiger partial charge is 0.507 e. The number of phenols is 4. The zero-order chi connectivity index (χ0) is 85.9. The topological polar surface area (TPSA) is 384 Å². The van der Waals surface area contributed by atoms with Crippen LogP contribution >= 0.6 is 11.6 Å². The van der Waals surface area contributed by atoms with Crippen molar-refractivity contribution >= 4 is 41.2 Å². The number of hydrogen-bond donors (Lipinski definition) is 4. The van der Waals surface area contributed by atoms with E-state index in [-0.39, 0.29) is 51.7 Å². The Balaban J connectivity index is 0.000000140. The number of nitrogens with zero attached hydrogens (tertiary/aromatic N) is 13. The highest BCUT2D eigenvalue weighted by atomic mass is 35.5. The van der Waals surface area contributed by atoms with E-state index in [0.717, 1.165) is 38.9 Å². The van der Waals surface area contributed by atoms with Gasteiger partial charge in [0.25, 0.3) is 5.69 Å². The Bertz CT molecular complexity index is 6300. The first-order chi connectivity index (χ1) is 59.1. The number of aryl methyl sites for hydroxylation is 2. The van der Waals surface area contributed by atoms with Crippen LogP contribution in [0, 0.1) is 24.0 Å². The molecule has 0 amide bonds. The number of non-ortho nitro benzene ring substituents is 1. The average Bonchev–Trinajstić information content (AvgIpc) is 0.800. The minimum Gasteiger partial charge on any atom is -0.507 e. The zero-order valence-corrected chi connectivity index (χ0v) is 66.5. The number of carbonyl (C=O) groups excluding carboxylic acids is 4. The van der Waals surface area contributed by atoms with E-state index in [1.54, 1.807) is 127 Å². The monoisotopic (exact) mass is 1640 g/mol. The Labute approximate surface area is 702 Å². The fraction of sp³-hybridized carbons (Fsp3) is 0.0638. The minimum atomic E-state index is -0.561. The molecule has 0 radical (unpaired) electrons. The molecule has 0 spiro atoms. The summed E-state index contributed by atoms with van der Waals surface area (Å²) in [6.07, 6.45) is 0. The first-order valence-corrected chi connectivity index (χ1v) is 37.6. The Morgan fingerprint density at radius 3 is 0.844 bits per heavy atom. The molecular formula is C94H70ClN13O14. The molecule has 16 rings (SSSR count). The van der Waals surface area contributed by atoms with Gasteiger partial charge in [0.15, 0.2) is 69.9 Å². The van der Waals surface area contributed by atoms with Crippen LogP contribution in [0.25, 0.3) is 137 Å². The minimum absolute atomic E-state index is 0.0107. The summed E-state index contributed by atoms with van der Waals surface area (Å²) in [5, 5.41) is 53.2. The number of ether oxygens (including phenoxy) is 4. The van der Waals surface area contributed by atoms with Gasteiger partial charge in [-0.05, 0) is 110 Å². The van der Waals surface area contributed by atoms with E-state index in [1.165, 1.54) is 52.7 Å². The van der Waals surface area contributed by atoms with Gasteiger partial charge in [-0.3, -0.25) is 10.1 Å². The Morgan fingerprint density at radius 1 is 0.287 bits per heavy atom. The van der Waals surface area contributed by atoms with Gasteiger partial charge in [-0.25, -0.2) is 79.0 Å². The highest BCUT2D eigenvalue weighted by Gasteiger charge is 2.23. The summed E-state index contributed by atoms with van der Waals surface area (Å²) < 4.78 is 19.0. The van der Waals surface area contributed by atoms with Crippen molar-refractivity contribution in [1.82, 2.24) is 59.8 Å². The maximum atomic E-state index is 11.7. The van der Waals surface area contributed by atoms with Gasteiger partial charge >= 0.3 is 23.9 Å². The van der Waals surface area contributed by atoms with Crippen LogP contribution in [0.5, 0.6) is 23.0 Å². The smallest absolute Gasteiger partial charge is 0.337 e. The lowest BCUT2D eigenvalue weighted by atomic mass is 10.1. The second kappa shape index (κ2) is 38.5. The van der Waals surface area contributed by atoms with Crippen molar-refractivity contribution in [3.8, 4) is 160 Å². The molecule has 0 atom stereocenters. The van der Waals surface area contributed by atoms with Crippen LogP contribution < -0.4 is 0 Å². The van der Waals surface area contributed by atoms with Crippen molar-refractivity contribution in [2.45, 2.75) is 13.8 Å². The first kappa shape index (κ1) is 83.4. The van der Waals surface area contributed by atoms with E-state index in [2.05, 4.69) is 59.8 Å². The van der Waals surface area contributed by atoms with Crippen molar-refractivity contribution in [3.05, 3.63) is 340 Å². The third-order valence-electron chi connectivity index (χ3n) is 18.4. The highest BCUT2D eigenvalue weighted by Crippen LogP contribution is 2.38. The lowest BCUT2D eigenvalue weighted by Gasteiger charge is -2.11. The van der Waals surface area contributed by atoms with Crippen LogP contribution in [-0.2, 0) is 18.9 Å². The number of aromatic hydroxyl groups is 4. The molecule has 4 heterocycles. The van der Waals surface area contributed by atoms with Gasteiger partial charge in [0, 0.05) is 61.7 Å². The van der Waals surface area contributed by atoms with Crippen LogP contribution in [0.2, 0.25) is 5.02 Å². The maximum Gasteiger partial charge on any atom is 0.337 e. The zero-order valence-electron chi connectivity index (χ0n) is 65.8. The standard InChI is InChI=1S/2C24H19N3O3.C23H16ClN3O3.C23H16N4O5/c1-15-7-6-10-19(28)20(15)23-26-21(16-8-4-3-5-9-16)25-22(27-23)17-11-13-18(14-12-17)24(29)30-2;1-15-8-13-20(28)19(14-15)23-26-21(16-6-4-3-5-7-16)25-22(27-23)17-9-11-18(12-10-17)24(29)30-2;1-30-23(29)16-9-7-15(8-10-16)21-25-20(14-5-3-2-4-6-14)26-22(27-21)18-13-17(24)11-12-19(18)28;1-32-23(29)16-9-7-15(8-10-16)21-24-20(14-5-3-2-4-6-14)25-22(26-21)18-13-17(27(30)31)11-12-19(18)28/h2*3-14,28H,1-2H3;2-13,28H,1H3;2-13,28H,1H3. The number of methoxy groups -OCH3 is 4. The molecular weight excluding hydrogens is 1570 g/mol. The predicted octanol–water partition coefficient (Wildman–Crippen LogP) is 18.6. The summed E-state index contributed by atoms with van der Waals surface area (Å²) in [4.78, 5) is 112. The van der Waals surface area contributed by atoms with Crippen LogP contribution in [0.3, 0.4) is 0 Å². The molecule has 0 saturated carbocycles. The van der Waals surface area contributed by atoms with E-state index < -0.39 is 28.8 Å². The summed E-state index contributed by atoms with van der Waals surface area (Å²) in [7, 11) is 5.31. The Morgan fingerprint density at radius 2 is 0.549 bits per heavy atom. The molecule has 12 aromatic carbocycles. The van der Waals surface area contributed by atoms with E-state index in [1.807, 2.05) is 153 Å². The summed E-state index contributed by atoms with van der Waals surface area (Å²) in [5.74, 6) is 2.73. The van der Waals surface area contributed by atoms with Crippen LogP contribution in [-0.4, -0.2) is 137 Å². The molecule has 0 fully saturated rings. The highest BCUT2D eigenvalue weighted by molar-refractivity contribution is 6.31. The third-order valence-corrected chi connectivity index (χ3v) is 18.7. The molecule has 0 saturated heterocycles. The lowest BCUT2D eigenvalue weighted by molar-refractivity contribution is -0.384. The van der Waals surface area contributed by atoms with Crippen molar-refractivity contribution < 1.29 is 63.5 Å². The molecule has 0 aliphatic heterocycles. The lowest BCUT2D eigenvalue weighted by Crippen LogP contribution is -2.03. The van der Waals surface area contributed by atoms with Crippen LogP contribution in [0.4, 0.5) is 5.69 Å². The quantitative estimate of drug-likeness (QED) is 0.0285. The van der Waals surface area contributed by atoms with E-state index in [0.29, 0.717) is 113 Å². The summed E-state index contributed by atoms with van der Waals surface area (Å²) in [6.45, 7) is 3.83. The number of halogens is 1. The molecule has 0 aliphatic carbocycles. The second-order valence-corrected chi connectivity index (χ2v) is 27.0. The predicted molar refractivity (Wildman–Crippen MR) is 458 cm³/mol. The molecule has 4 aromatic heterocycles. The Kier molecular flexibility index (Phi) is 26.3. The van der Waals surface area contributed by atoms with Gasteiger partial charge in [-0.15, -0.1) is 0 Å². The fourth-order valence-electron chi connectivity index (χ4n) is 12.1. The molecule has 602 valence electrons. The van der Waals surface area contributed by atoms with Crippen molar-refractivity contribution in [2.24, 2.45) is 0 Å². The number of nitro benzene ring substituents is 1. The molecule has 16 aromatic rings. The van der Waals surface area contributed by atoms with Crippen LogP contribution in [0.15, 0.2) is 291 Å². The van der Waals surface area contributed by atoms with Crippen LogP contribution in [0.1, 0.15) is 52.6 Å². The van der Waals surface area contributed by atoms with Gasteiger partial charge in [0.1, 0.15) is 23.0 Å². The number of aromatic nitrogens is 12. The number of nitro groups is 1. The van der Waals surface area contributed by atoms with E-state index in [9.17, 15) is 49.7 Å². The third kappa shape index (κ3) is 20.1. The van der Waals surface area contributed by atoms with Crippen molar-refractivity contribution in [3.63, 3.8) is 0 Å².